The minimum atomic E-state index is 0.440. The van der Waals surface area contributed by atoms with Crippen LogP contribution in [0.3, 0.4) is 0 Å². The van der Waals surface area contributed by atoms with Gasteiger partial charge in [-0.05, 0) is 30.5 Å². The number of ether oxygens (including phenoxy) is 1. The molecule has 0 aliphatic rings. The second-order valence-corrected chi connectivity index (χ2v) is 4.41. The summed E-state index contributed by atoms with van der Waals surface area (Å²) in [5.74, 6) is 1.26. The molecule has 1 aromatic rings. The fourth-order valence-corrected chi connectivity index (χ4v) is 1.72. The van der Waals surface area contributed by atoms with E-state index < -0.39 is 0 Å². The van der Waals surface area contributed by atoms with E-state index in [4.69, 9.17) is 16.3 Å². The van der Waals surface area contributed by atoms with Crippen LogP contribution < -0.4 is 4.74 Å². The predicted octanol–water partition coefficient (Wildman–Crippen LogP) is 3.97. The summed E-state index contributed by atoms with van der Waals surface area (Å²) < 4.78 is 5.60. The predicted molar refractivity (Wildman–Crippen MR) is 66.4 cm³/mol. The Hall–Kier alpha value is -1.02. The normalized spacial score (nSPS) is 12.2. The molecule has 0 heterocycles. The lowest BCUT2D eigenvalue weighted by atomic mass is 10.1. The van der Waals surface area contributed by atoms with Gasteiger partial charge >= 0.3 is 0 Å². The zero-order chi connectivity index (χ0) is 12.0. The molecule has 3 heteroatoms. The highest BCUT2D eigenvalue weighted by Crippen LogP contribution is 2.22. The highest BCUT2D eigenvalue weighted by molar-refractivity contribution is 6.33. The van der Waals surface area contributed by atoms with Crippen LogP contribution in [0, 0.1) is 5.92 Å². The monoisotopic (exact) mass is 240 g/mol. The van der Waals surface area contributed by atoms with Gasteiger partial charge in [0, 0.05) is 5.56 Å². The SMILES string of the molecule is CCCC(C)COc1ccc(C=O)c(Cl)c1. The molecular formula is C13H17ClO2. The average Bonchev–Trinajstić information content (AvgIpc) is 2.27. The number of carbonyl (C=O) groups is 1. The van der Waals surface area contributed by atoms with Gasteiger partial charge in [-0.2, -0.15) is 0 Å². The molecule has 0 fully saturated rings. The quantitative estimate of drug-likeness (QED) is 0.704. The van der Waals surface area contributed by atoms with Gasteiger partial charge < -0.3 is 4.74 Å². The van der Waals surface area contributed by atoms with Crippen LogP contribution in [0.1, 0.15) is 37.0 Å². The van der Waals surface area contributed by atoms with E-state index in [1.54, 1.807) is 18.2 Å². The van der Waals surface area contributed by atoms with Crippen molar-refractivity contribution in [1.29, 1.82) is 0 Å². The highest BCUT2D eigenvalue weighted by Gasteiger charge is 2.04. The third kappa shape index (κ3) is 3.86. The van der Waals surface area contributed by atoms with Crippen LogP contribution in [0.25, 0.3) is 0 Å². The van der Waals surface area contributed by atoms with Crippen LogP contribution >= 0.6 is 11.6 Å². The van der Waals surface area contributed by atoms with E-state index in [2.05, 4.69) is 13.8 Å². The van der Waals surface area contributed by atoms with Crippen molar-refractivity contribution in [2.45, 2.75) is 26.7 Å². The van der Waals surface area contributed by atoms with E-state index in [0.29, 0.717) is 23.1 Å². The molecule has 1 unspecified atom stereocenters. The lowest BCUT2D eigenvalue weighted by molar-refractivity contribution is 0.112. The zero-order valence-electron chi connectivity index (χ0n) is 9.70. The Kier molecular flexibility index (Phi) is 5.33. The number of aldehydes is 1. The third-order valence-corrected chi connectivity index (χ3v) is 2.74. The molecule has 2 nitrogen and oxygen atoms in total. The van der Waals surface area contributed by atoms with Gasteiger partial charge in [0.1, 0.15) is 5.75 Å². The maximum absolute atomic E-state index is 10.6. The Balaban J connectivity index is 2.55. The number of hydrogen-bond donors (Lipinski definition) is 0. The average molecular weight is 241 g/mol. The third-order valence-electron chi connectivity index (χ3n) is 2.41. The number of carbonyl (C=O) groups excluding carboxylic acids is 1. The van der Waals surface area contributed by atoms with Gasteiger partial charge in [0.05, 0.1) is 11.6 Å². The number of halogens is 1. The molecular weight excluding hydrogens is 224 g/mol. The van der Waals surface area contributed by atoms with Crippen molar-refractivity contribution in [2.24, 2.45) is 5.92 Å². The topological polar surface area (TPSA) is 26.3 Å². The largest absolute Gasteiger partial charge is 0.493 e. The van der Waals surface area contributed by atoms with E-state index >= 15 is 0 Å². The van der Waals surface area contributed by atoms with E-state index in [9.17, 15) is 4.79 Å². The van der Waals surface area contributed by atoms with E-state index in [-0.39, 0.29) is 0 Å². The van der Waals surface area contributed by atoms with Crippen LogP contribution in [-0.4, -0.2) is 12.9 Å². The first kappa shape index (κ1) is 13.0. The summed E-state index contributed by atoms with van der Waals surface area (Å²) in [7, 11) is 0. The summed E-state index contributed by atoms with van der Waals surface area (Å²) >= 11 is 5.89. The minimum Gasteiger partial charge on any atom is -0.493 e. The second kappa shape index (κ2) is 6.54. The van der Waals surface area contributed by atoms with Crippen molar-refractivity contribution in [3.63, 3.8) is 0 Å². The first-order valence-corrected chi connectivity index (χ1v) is 5.92. The summed E-state index contributed by atoms with van der Waals surface area (Å²) in [5.41, 5.74) is 0.496. The Morgan fingerprint density at radius 1 is 1.50 bits per heavy atom. The van der Waals surface area contributed by atoms with Crippen molar-refractivity contribution in [2.75, 3.05) is 6.61 Å². The molecule has 0 N–H and O–H groups in total. The van der Waals surface area contributed by atoms with Crippen LogP contribution in [0.15, 0.2) is 18.2 Å². The fourth-order valence-electron chi connectivity index (χ4n) is 1.51. The maximum Gasteiger partial charge on any atom is 0.151 e. The van der Waals surface area contributed by atoms with Crippen LogP contribution in [0.5, 0.6) is 5.75 Å². The van der Waals surface area contributed by atoms with Crippen LogP contribution in [0.2, 0.25) is 5.02 Å². The van der Waals surface area contributed by atoms with E-state index in [1.165, 1.54) is 0 Å². The summed E-state index contributed by atoms with van der Waals surface area (Å²) in [4.78, 5) is 10.6. The number of hydrogen-bond acceptors (Lipinski definition) is 2. The molecule has 88 valence electrons. The molecule has 0 radical (unpaired) electrons. The summed E-state index contributed by atoms with van der Waals surface area (Å²) in [6.07, 6.45) is 3.06. The van der Waals surface area contributed by atoms with Gasteiger partial charge in [-0.25, -0.2) is 0 Å². The molecule has 1 aromatic carbocycles. The molecule has 16 heavy (non-hydrogen) atoms. The standard InChI is InChI=1S/C13H17ClO2/c1-3-4-10(2)9-16-12-6-5-11(8-15)13(14)7-12/h5-8,10H,3-4,9H2,1-2H3. The Morgan fingerprint density at radius 2 is 2.25 bits per heavy atom. The zero-order valence-corrected chi connectivity index (χ0v) is 10.5. The summed E-state index contributed by atoms with van der Waals surface area (Å²) in [6.45, 7) is 5.00. The molecule has 0 aliphatic heterocycles. The highest BCUT2D eigenvalue weighted by atomic mass is 35.5. The number of rotatable bonds is 6. The Morgan fingerprint density at radius 3 is 2.81 bits per heavy atom. The number of benzene rings is 1. The van der Waals surface area contributed by atoms with Crippen molar-refractivity contribution in [3.05, 3.63) is 28.8 Å². The van der Waals surface area contributed by atoms with Crippen molar-refractivity contribution < 1.29 is 9.53 Å². The first-order valence-electron chi connectivity index (χ1n) is 5.55. The maximum atomic E-state index is 10.6. The fraction of sp³-hybridized carbons (Fsp3) is 0.462. The lowest BCUT2D eigenvalue weighted by Crippen LogP contribution is -2.08. The molecule has 0 saturated heterocycles. The summed E-state index contributed by atoms with van der Waals surface area (Å²) in [6, 6.07) is 5.13. The van der Waals surface area contributed by atoms with Gasteiger partial charge in [0.25, 0.3) is 0 Å². The second-order valence-electron chi connectivity index (χ2n) is 4.01. The first-order chi connectivity index (χ1) is 7.67. The van der Waals surface area contributed by atoms with Gasteiger partial charge in [-0.1, -0.05) is 31.9 Å². The summed E-state index contributed by atoms with van der Waals surface area (Å²) in [5, 5.41) is 0.440. The molecule has 0 amide bonds. The van der Waals surface area contributed by atoms with Crippen LogP contribution in [0.4, 0.5) is 0 Å². The van der Waals surface area contributed by atoms with Crippen molar-refractivity contribution in [3.8, 4) is 5.75 Å². The van der Waals surface area contributed by atoms with Crippen molar-refractivity contribution >= 4 is 17.9 Å². The molecule has 1 atom stereocenters. The van der Waals surface area contributed by atoms with E-state index in [0.717, 1.165) is 24.9 Å². The smallest absolute Gasteiger partial charge is 0.151 e. The molecule has 0 saturated carbocycles. The lowest BCUT2D eigenvalue weighted by Gasteiger charge is -2.12. The van der Waals surface area contributed by atoms with Gasteiger partial charge in [-0.15, -0.1) is 0 Å². The van der Waals surface area contributed by atoms with Gasteiger partial charge in [-0.3, -0.25) is 4.79 Å². The van der Waals surface area contributed by atoms with Gasteiger partial charge in [0.15, 0.2) is 6.29 Å². The Labute approximate surface area is 102 Å². The van der Waals surface area contributed by atoms with Crippen LogP contribution in [-0.2, 0) is 0 Å². The van der Waals surface area contributed by atoms with E-state index in [1.807, 2.05) is 0 Å². The molecule has 0 aliphatic carbocycles. The Bertz CT molecular complexity index is 350. The molecule has 0 spiro atoms. The molecule has 0 bridgehead atoms. The molecule has 0 aromatic heterocycles. The molecule has 1 rings (SSSR count). The minimum absolute atomic E-state index is 0.440. The van der Waals surface area contributed by atoms with Crippen molar-refractivity contribution in [1.82, 2.24) is 0 Å². The van der Waals surface area contributed by atoms with Gasteiger partial charge in [0.2, 0.25) is 0 Å².